The lowest BCUT2D eigenvalue weighted by atomic mass is 9.95. The molecule has 1 aliphatic carbocycles. The van der Waals surface area contributed by atoms with Crippen molar-refractivity contribution in [2.45, 2.75) is 46.1 Å². The topological polar surface area (TPSA) is 12.0 Å². The van der Waals surface area contributed by atoms with Crippen molar-refractivity contribution in [3.8, 4) is 0 Å². The molecule has 0 aromatic rings. The van der Waals surface area contributed by atoms with Crippen LogP contribution in [0.3, 0.4) is 0 Å². The molecule has 0 saturated heterocycles. The summed E-state index contributed by atoms with van der Waals surface area (Å²) in [5, 5.41) is 3.56. The predicted octanol–water partition coefficient (Wildman–Crippen LogP) is 2.73. The maximum atomic E-state index is 3.56. The second-order valence-electron chi connectivity index (χ2n) is 3.95. The zero-order valence-electron chi connectivity index (χ0n) is 8.56. The van der Waals surface area contributed by atoms with E-state index in [1.165, 1.54) is 19.3 Å². The average Bonchev–Trinajstić information content (AvgIpc) is 2.51. The van der Waals surface area contributed by atoms with Gasteiger partial charge in [0.15, 0.2) is 0 Å². The Bertz CT molecular complexity index is 158. The molecule has 12 heavy (non-hydrogen) atoms. The average molecular weight is 167 g/mol. The van der Waals surface area contributed by atoms with E-state index in [1.807, 2.05) is 0 Å². The van der Waals surface area contributed by atoms with Gasteiger partial charge in [0, 0.05) is 6.04 Å². The van der Waals surface area contributed by atoms with Gasteiger partial charge in [0.2, 0.25) is 0 Å². The van der Waals surface area contributed by atoms with Gasteiger partial charge >= 0.3 is 0 Å². The number of rotatable bonds is 4. The van der Waals surface area contributed by atoms with Gasteiger partial charge < -0.3 is 5.32 Å². The van der Waals surface area contributed by atoms with Crippen LogP contribution in [0.2, 0.25) is 0 Å². The van der Waals surface area contributed by atoms with Gasteiger partial charge in [0.1, 0.15) is 0 Å². The minimum Gasteiger partial charge on any atom is -0.310 e. The van der Waals surface area contributed by atoms with Gasteiger partial charge in [-0.1, -0.05) is 32.4 Å². The summed E-state index contributed by atoms with van der Waals surface area (Å²) in [6, 6.07) is 0.637. The summed E-state index contributed by atoms with van der Waals surface area (Å²) in [6.45, 7) is 7.87. The molecule has 0 amide bonds. The van der Waals surface area contributed by atoms with E-state index in [9.17, 15) is 0 Å². The molecule has 1 unspecified atom stereocenters. The van der Waals surface area contributed by atoms with Crippen LogP contribution in [0.25, 0.3) is 0 Å². The summed E-state index contributed by atoms with van der Waals surface area (Å²) in [5.74, 6) is 0.731. The second kappa shape index (κ2) is 4.66. The molecule has 0 heterocycles. The second-order valence-corrected chi connectivity index (χ2v) is 3.95. The van der Waals surface area contributed by atoms with E-state index in [2.05, 4.69) is 32.2 Å². The van der Waals surface area contributed by atoms with Gasteiger partial charge in [-0.2, -0.15) is 0 Å². The summed E-state index contributed by atoms with van der Waals surface area (Å²) < 4.78 is 0. The van der Waals surface area contributed by atoms with E-state index in [4.69, 9.17) is 0 Å². The lowest BCUT2D eigenvalue weighted by Crippen LogP contribution is -2.34. The fourth-order valence-electron chi connectivity index (χ4n) is 1.99. The molecule has 0 radical (unpaired) electrons. The first-order valence-electron chi connectivity index (χ1n) is 5.18. The number of hydrogen-bond donors (Lipinski definition) is 1. The van der Waals surface area contributed by atoms with Crippen LogP contribution in [0.5, 0.6) is 0 Å². The summed E-state index contributed by atoms with van der Waals surface area (Å²) in [6.07, 6.45) is 6.40. The van der Waals surface area contributed by atoms with E-state index < -0.39 is 0 Å². The first kappa shape index (κ1) is 9.79. The maximum absolute atomic E-state index is 3.56. The molecule has 0 aromatic heterocycles. The third kappa shape index (κ3) is 2.34. The van der Waals surface area contributed by atoms with E-state index in [-0.39, 0.29) is 0 Å². The summed E-state index contributed by atoms with van der Waals surface area (Å²) in [7, 11) is 0. The molecule has 1 aliphatic rings. The monoisotopic (exact) mass is 167 g/mol. The van der Waals surface area contributed by atoms with Gasteiger partial charge in [-0.3, -0.25) is 0 Å². The molecular formula is C11H21N. The lowest BCUT2D eigenvalue weighted by molar-refractivity contribution is 0.449. The van der Waals surface area contributed by atoms with Crippen LogP contribution in [0.4, 0.5) is 0 Å². The molecule has 1 N–H and O–H groups in total. The third-order valence-corrected chi connectivity index (χ3v) is 2.57. The molecular weight excluding hydrogens is 146 g/mol. The molecule has 1 rings (SSSR count). The zero-order chi connectivity index (χ0) is 8.97. The van der Waals surface area contributed by atoms with Crippen molar-refractivity contribution in [3.05, 3.63) is 11.6 Å². The van der Waals surface area contributed by atoms with Gasteiger partial charge in [-0.25, -0.2) is 0 Å². The first-order valence-corrected chi connectivity index (χ1v) is 5.18. The van der Waals surface area contributed by atoms with Crippen molar-refractivity contribution >= 4 is 0 Å². The van der Waals surface area contributed by atoms with Crippen LogP contribution in [0.1, 0.15) is 40.0 Å². The summed E-state index contributed by atoms with van der Waals surface area (Å²) in [4.78, 5) is 0. The van der Waals surface area contributed by atoms with Crippen molar-refractivity contribution in [1.82, 2.24) is 5.32 Å². The fraction of sp³-hybridized carbons (Fsp3) is 0.818. The highest BCUT2D eigenvalue weighted by atomic mass is 14.9. The lowest BCUT2D eigenvalue weighted by Gasteiger charge is -2.23. The molecule has 1 nitrogen and oxygen atoms in total. The number of likely N-dealkylation sites (N-methyl/N-ethyl adjacent to an activating group) is 1. The number of nitrogens with one attached hydrogen (secondary N) is 1. The van der Waals surface area contributed by atoms with Crippen LogP contribution in [-0.2, 0) is 0 Å². The van der Waals surface area contributed by atoms with Gasteiger partial charge in [0.25, 0.3) is 0 Å². The van der Waals surface area contributed by atoms with E-state index in [1.54, 1.807) is 5.57 Å². The Kier molecular flexibility index (Phi) is 3.80. The van der Waals surface area contributed by atoms with Crippen molar-refractivity contribution in [3.63, 3.8) is 0 Å². The highest BCUT2D eigenvalue weighted by Gasteiger charge is 2.18. The van der Waals surface area contributed by atoms with Gasteiger partial charge in [0.05, 0.1) is 0 Å². The molecule has 0 bridgehead atoms. The van der Waals surface area contributed by atoms with Crippen LogP contribution in [0, 0.1) is 5.92 Å². The van der Waals surface area contributed by atoms with Gasteiger partial charge in [-0.15, -0.1) is 0 Å². The minimum absolute atomic E-state index is 0.637. The maximum Gasteiger partial charge on any atom is 0.0302 e. The molecule has 0 saturated carbocycles. The van der Waals surface area contributed by atoms with E-state index >= 15 is 0 Å². The molecule has 1 heteroatoms. The van der Waals surface area contributed by atoms with Crippen LogP contribution in [0.15, 0.2) is 11.6 Å². The standard InChI is InChI=1S/C11H21N/c1-4-12-11(9(2)3)10-7-5-6-8-10/h7,9,11-12H,4-6,8H2,1-3H3. The summed E-state index contributed by atoms with van der Waals surface area (Å²) in [5.41, 5.74) is 1.65. The zero-order valence-corrected chi connectivity index (χ0v) is 8.56. The Morgan fingerprint density at radius 2 is 2.25 bits per heavy atom. The summed E-state index contributed by atoms with van der Waals surface area (Å²) >= 11 is 0. The molecule has 0 spiro atoms. The molecule has 0 aromatic carbocycles. The van der Waals surface area contributed by atoms with Crippen molar-refractivity contribution in [1.29, 1.82) is 0 Å². The Labute approximate surface area is 76.2 Å². The Morgan fingerprint density at radius 1 is 1.50 bits per heavy atom. The van der Waals surface area contributed by atoms with Crippen molar-refractivity contribution in [2.75, 3.05) is 6.54 Å². The highest BCUT2D eigenvalue weighted by molar-refractivity contribution is 5.15. The quantitative estimate of drug-likeness (QED) is 0.635. The third-order valence-electron chi connectivity index (χ3n) is 2.57. The van der Waals surface area contributed by atoms with Crippen molar-refractivity contribution in [2.24, 2.45) is 5.92 Å². The SMILES string of the molecule is CCNC(C1=CCCC1)C(C)C. The van der Waals surface area contributed by atoms with E-state index in [0.717, 1.165) is 12.5 Å². The fourth-order valence-corrected chi connectivity index (χ4v) is 1.99. The number of allylic oxidation sites excluding steroid dienone is 1. The Balaban J connectivity index is 2.52. The van der Waals surface area contributed by atoms with Gasteiger partial charge in [-0.05, 0) is 31.7 Å². The highest BCUT2D eigenvalue weighted by Crippen LogP contribution is 2.24. The van der Waals surface area contributed by atoms with E-state index in [0.29, 0.717) is 6.04 Å². The predicted molar refractivity (Wildman–Crippen MR) is 54.2 cm³/mol. The molecule has 70 valence electrons. The molecule has 0 aliphatic heterocycles. The number of hydrogen-bond acceptors (Lipinski definition) is 1. The normalized spacial score (nSPS) is 19.8. The molecule has 0 fully saturated rings. The minimum atomic E-state index is 0.637. The first-order chi connectivity index (χ1) is 5.75. The molecule has 1 atom stereocenters. The van der Waals surface area contributed by atoms with Crippen LogP contribution in [-0.4, -0.2) is 12.6 Å². The Hall–Kier alpha value is -0.300. The smallest absolute Gasteiger partial charge is 0.0302 e. The van der Waals surface area contributed by atoms with Crippen LogP contribution >= 0.6 is 0 Å². The largest absolute Gasteiger partial charge is 0.310 e. The van der Waals surface area contributed by atoms with Crippen molar-refractivity contribution < 1.29 is 0 Å². The van der Waals surface area contributed by atoms with Crippen LogP contribution < -0.4 is 5.32 Å². The Morgan fingerprint density at radius 3 is 2.67 bits per heavy atom.